The molecule has 0 aliphatic heterocycles. The number of ketones is 1. The number of Topliss-reactive ketones (excluding diaryl/α,β-unsaturated/α-hetero) is 1. The van der Waals surface area contributed by atoms with E-state index in [-0.39, 0.29) is 11.7 Å². The second kappa shape index (κ2) is 4.53. The number of nitrogens with zero attached hydrogens (tertiary/aromatic N) is 1. The second-order valence-electron chi connectivity index (χ2n) is 4.26. The van der Waals surface area contributed by atoms with Crippen LogP contribution in [-0.4, -0.2) is 16.3 Å². The molecule has 0 saturated heterocycles. The monoisotopic (exact) mass is 229 g/mol. The van der Waals surface area contributed by atoms with Gasteiger partial charge in [0.15, 0.2) is 0 Å². The number of hydrogen-bond donors (Lipinski definition) is 0. The third-order valence-electron chi connectivity index (χ3n) is 2.88. The number of carbonyl (C=O) groups is 2. The number of aromatic nitrogens is 1. The average Bonchev–Trinajstić information content (AvgIpc) is 2.65. The van der Waals surface area contributed by atoms with Crippen molar-refractivity contribution in [3.05, 3.63) is 36.0 Å². The first kappa shape index (κ1) is 11.6. The number of carbonyl (C=O) groups excluding carboxylic acids is 2. The van der Waals surface area contributed by atoms with Gasteiger partial charge in [-0.2, -0.15) is 0 Å². The number of fused-ring (bicyclic) bond motifs is 1. The van der Waals surface area contributed by atoms with Crippen LogP contribution in [0.2, 0.25) is 0 Å². The summed E-state index contributed by atoms with van der Waals surface area (Å²) in [6, 6.07) is 7.78. The third kappa shape index (κ3) is 2.28. The molecule has 3 nitrogen and oxygen atoms in total. The summed E-state index contributed by atoms with van der Waals surface area (Å²) in [5.41, 5.74) is 1.98. The van der Waals surface area contributed by atoms with Gasteiger partial charge in [-0.15, -0.1) is 0 Å². The van der Waals surface area contributed by atoms with Crippen LogP contribution in [0, 0.1) is 0 Å². The molecule has 1 aromatic carbocycles. The smallest absolute Gasteiger partial charge is 0.227 e. The predicted molar refractivity (Wildman–Crippen MR) is 67.2 cm³/mol. The molecule has 2 aromatic rings. The highest BCUT2D eigenvalue weighted by Gasteiger charge is 2.10. The third-order valence-corrected chi connectivity index (χ3v) is 2.88. The van der Waals surface area contributed by atoms with Gasteiger partial charge in [-0.05, 0) is 25.0 Å². The van der Waals surface area contributed by atoms with Gasteiger partial charge in [0, 0.05) is 24.9 Å². The molecule has 0 atom stereocenters. The first-order chi connectivity index (χ1) is 8.09. The molecule has 0 aliphatic carbocycles. The van der Waals surface area contributed by atoms with E-state index in [1.54, 1.807) is 18.4 Å². The van der Waals surface area contributed by atoms with Gasteiger partial charge in [0.2, 0.25) is 5.91 Å². The van der Waals surface area contributed by atoms with Crippen molar-refractivity contribution in [2.45, 2.75) is 26.7 Å². The zero-order valence-electron chi connectivity index (χ0n) is 10.1. The van der Waals surface area contributed by atoms with Crippen LogP contribution in [0.5, 0.6) is 0 Å². The van der Waals surface area contributed by atoms with Crippen LogP contribution in [0.25, 0.3) is 10.9 Å². The van der Waals surface area contributed by atoms with Crippen molar-refractivity contribution in [1.82, 2.24) is 4.57 Å². The van der Waals surface area contributed by atoms with Gasteiger partial charge in [0.25, 0.3) is 0 Å². The van der Waals surface area contributed by atoms with Gasteiger partial charge in [0.05, 0.1) is 5.52 Å². The highest BCUT2D eigenvalue weighted by atomic mass is 16.1. The Hall–Kier alpha value is -1.90. The first-order valence-corrected chi connectivity index (χ1v) is 5.69. The van der Waals surface area contributed by atoms with Crippen molar-refractivity contribution >= 4 is 22.6 Å². The van der Waals surface area contributed by atoms with Crippen LogP contribution in [0.3, 0.4) is 0 Å². The van der Waals surface area contributed by atoms with E-state index in [9.17, 15) is 9.59 Å². The standard InChI is InChI=1S/C14H15NO2/c1-10(16)7-8-12-9-15(11(2)17)14-6-4-3-5-13(12)14/h3-6,9H,7-8H2,1-2H3. The Bertz CT molecular complexity index is 581. The van der Waals surface area contributed by atoms with Crippen LogP contribution in [-0.2, 0) is 11.2 Å². The molecule has 0 bridgehead atoms. The molecular formula is C14H15NO2. The van der Waals surface area contributed by atoms with Crippen molar-refractivity contribution in [1.29, 1.82) is 0 Å². The molecule has 0 aliphatic rings. The average molecular weight is 229 g/mol. The molecule has 0 saturated carbocycles. The molecule has 1 aromatic heterocycles. The van der Waals surface area contributed by atoms with Crippen LogP contribution in [0.1, 0.15) is 30.6 Å². The van der Waals surface area contributed by atoms with E-state index >= 15 is 0 Å². The quantitative estimate of drug-likeness (QED) is 0.811. The van der Waals surface area contributed by atoms with E-state index in [1.807, 2.05) is 30.5 Å². The maximum atomic E-state index is 11.5. The van der Waals surface area contributed by atoms with Gasteiger partial charge >= 0.3 is 0 Å². The number of benzene rings is 1. The molecule has 2 rings (SSSR count). The summed E-state index contributed by atoms with van der Waals surface area (Å²) in [6.07, 6.45) is 3.05. The first-order valence-electron chi connectivity index (χ1n) is 5.69. The van der Waals surface area contributed by atoms with E-state index in [4.69, 9.17) is 0 Å². The molecular weight excluding hydrogens is 214 g/mol. The predicted octanol–water partition coefficient (Wildman–Crippen LogP) is 2.82. The topological polar surface area (TPSA) is 39.1 Å². The van der Waals surface area contributed by atoms with Crippen LogP contribution < -0.4 is 0 Å². The number of aryl methyl sites for hydroxylation is 1. The Kier molecular flexibility index (Phi) is 3.09. The molecule has 1 heterocycles. The molecule has 3 heteroatoms. The molecule has 0 radical (unpaired) electrons. The van der Waals surface area contributed by atoms with E-state index in [0.717, 1.165) is 16.5 Å². The number of rotatable bonds is 3. The Balaban J connectivity index is 2.49. The summed E-state index contributed by atoms with van der Waals surface area (Å²) in [5, 5.41) is 1.06. The highest BCUT2D eigenvalue weighted by molar-refractivity contribution is 5.93. The Morgan fingerprint density at radius 1 is 1.18 bits per heavy atom. The van der Waals surface area contributed by atoms with Crippen LogP contribution in [0.4, 0.5) is 0 Å². The van der Waals surface area contributed by atoms with E-state index in [1.165, 1.54) is 0 Å². The molecule has 0 amide bonds. The summed E-state index contributed by atoms with van der Waals surface area (Å²) in [4.78, 5) is 22.5. The van der Waals surface area contributed by atoms with Gasteiger partial charge in [-0.1, -0.05) is 18.2 Å². The number of para-hydroxylation sites is 1. The van der Waals surface area contributed by atoms with Crippen molar-refractivity contribution in [3.63, 3.8) is 0 Å². The molecule has 0 spiro atoms. The van der Waals surface area contributed by atoms with E-state index in [2.05, 4.69) is 0 Å². The summed E-state index contributed by atoms with van der Waals surface area (Å²) >= 11 is 0. The Morgan fingerprint density at radius 3 is 2.53 bits per heavy atom. The maximum absolute atomic E-state index is 11.5. The lowest BCUT2D eigenvalue weighted by Crippen LogP contribution is -2.02. The second-order valence-corrected chi connectivity index (χ2v) is 4.26. The normalized spacial score (nSPS) is 10.7. The fourth-order valence-corrected chi connectivity index (χ4v) is 2.02. The fourth-order valence-electron chi connectivity index (χ4n) is 2.02. The lowest BCUT2D eigenvalue weighted by atomic mass is 10.1. The Morgan fingerprint density at radius 2 is 1.88 bits per heavy atom. The lowest BCUT2D eigenvalue weighted by Gasteiger charge is -1.97. The van der Waals surface area contributed by atoms with Gasteiger partial charge in [0.1, 0.15) is 5.78 Å². The van der Waals surface area contributed by atoms with Crippen LogP contribution >= 0.6 is 0 Å². The summed E-state index contributed by atoms with van der Waals surface area (Å²) < 4.78 is 1.64. The SMILES string of the molecule is CC(=O)CCc1cn(C(C)=O)c2ccccc12. The van der Waals surface area contributed by atoms with Crippen molar-refractivity contribution in [2.75, 3.05) is 0 Å². The minimum atomic E-state index is -0.00437. The fraction of sp³-hybridized carbons (Fsp3) is 0.286. The summed E-state index contributed by atoms with van der Waals surface area (Å²) in [7, 11) is 0. The highest BCUT2D eigenvalue weighted by Crippen LogP contribution is 2.22. The van der Waals surface area contributed by atoms with E-state index < -0.39 is 0 Å². The van der Waals surface area contributed by atoms with Gasteiger partial charge < -0.3 is 4.79 Å². The van der Waals surface area contributed by atoms with Crippen molar-refractivity contribution < 1.29 is 9.59 Å². The molecule has 88 valence electrons. The van der Waals surface area contributed by atoms with Gasteiger partial charge in [-0.3, -0.25) is 9.36 Å². The number of hydrogen-bond acceptors (Lipinski definition) is 2. The lowest BCUT2D eigenvalue weighted by molar-refractivity contribution is -0.116. The summed E-state index contributed by atoms with van der Waals surface area (Å²) in [5.74, 6) is 0.167. The van der Waals surface area contributed by atoms with Crippen LogP contribution in [0.15, 0.2) is 30.5 Å². The van der Waals surface area contributed by atoms with Gasteiger partial charge in [-0.25, -0.2) is 0 Å². The van der Waals surface area contributed by atoms with E-state index in [0.29, 0.717) is 12.8 Å². The van der Waals surface area contributed by atoms with Crippen molar-refractivity contribution in [2.24, 2.45) is 0 Å². The minimum absolute atomic E-state index is 0.00437. The molecule has 17 heavy (non-hydrogen) atoms. The Labute approximate surface area is 100 Å². The maximum Gasteiger partial charge on any atom is 0.227 e. The zero-order valence-corrected chi connectivity index (χ0v) is 10.1. The van der Waals surface area contributed by atoms with Crippen molar-refractivity contribution in [3.8, 4) is 0 Å². The largest absolute Gasteiger partial charge is 0.300 e. The molecule has 0 N–H and O–H groups in total. The summed E-state index contributed by atoms with van der Waals surface area (Å²) in [6.45, 7) is 3.13. The minimum Gasteiger partial charge on any atom is -0.300 e. The zero-order chi connectivity index (χ0) is 12.4. The molecule has 0 fully saturated rings. The molecule has 0 unspecified atom stereocenters.